The third-order valence-corrected chi connectivity index (χ3v) is 5.51. The number of para-hydroxylation sites is 1. The van der Waals surface area contributed by atoms with E-state index in [1.807, 2.05) is 30.3 Å². The van der Waals surface area contributed by atoms with Crippen molar-refractivity contribution >= 4 is 46.2 Å². The van der Waals surface area contributed by atoms with Gasteiger partial charge in [-0.15, -0.1) is 0 Å². The molecule has 0 aliphatic carbocycles. The lowest BCUT2D eigenvalue weighted by Gasteiger charge is -2.14. The van der Waals surface area contributed by atoms with Gasteiger partial charge in [0.05, 0.1) is 43.0 Å². The number of methoxy groups -OCH3 is 3. The SMILES string of the molecule is COCCN1C(=O)/C(=C/c2cc(OC)c(OC)cc2Cl)SC1=Nc1ccccc1. The van der Waals surface area contributed by atoms with Crippen molar-refractivity contribution in [2.75, 3.05) is 34.5 Å². The Hall–Kier alpha value is -2.48. The highest BCUT2D eigenvalue weighted by atomic mass is 35.5. The van der Waals surface area contributed by atoms with Gasteiger partial charge in [-0.3, -0.25) is 9.69 Å². The molecule has 1 saturated heterocycles. The molecule has 0 bridgehead atoms. The molecule has 29 heavy (non-hydrogen) atoms. The predicted molar refractivity (Wildman–Crippen MR) is 117 cm³/mol. The van der Waals surface area contributed by atoms with Crippen molar-refractivity contribution in [3.63, 3.8) is 0 Å². The third kappa shape index (κ3) is 4.93. The van der Waals surface area contributed by atoms with E-state index in [4.69, 9.17) is 25.8 Å². The monoisotopic (exact) mass is 432 g/mol. The molecular weight excluding hydrogens is 412 g/mol. The number of aliphatic imine (C=N–C) groups is 1. The summed E-state index contributed by atoms with van der Waals surface area (Å²) in [6, 6.07) is 12.9. The number of nitrogens with zero attached hydrogens (tertiary/aromatic N) is 2. The van der Waals surface area contributed by atoms with Crippen LogP contribution in [-0.4, -0.2) is 50.5 Å². The lowest BCUT2D eigenvalue weighted by molar-refractivity contribution is -0.122. The van der Waals surface area contributed by atoms with E-state index in [1.165, 1.54) is 11.8 Å². The largest absolute Gasteiger partial charge is 0.493 e. The van der Waals surface area contributed by atoms with E-state index >= 15 is 0 Å². The van der Waals surface area contributed by atoms with E-state index in [1.54, 1.807) is 44.4 Å². The number of hydrogen-bond donors (Lipinski definition) is 0. The van der Waals surface area contributed by atoms with Gasteiger partial charge < -0.3 is 14.2 Å². The maximum atomic E-state index is 13.0. The maximum Gasteiger partial charge on any atom is 0.266 e. The Morgan fingerprint density at radius 1 is 1.10 bits per heavy atom. The number of rotatable bonds is 7. The topological polar surface area (TPSA) is 60.4 Å². The Balaban J connectivity index is 1.98. The number of benzene rings is 2. The van der Waals surface area contributed by atoms with E-state index in [9.17, 15) is 4.79 Å². The molecule has 0 atom stereocenters. The zero-order valence-electron chi connectivity index (χ0n) is 16.3. The molecule has 1 amide bonds. The highest BCUT2D eigenvalue weighted by molar-refractivity contribution is 8.18. The first kappa shape index (κ1) is 21.2. The van der Waals surface area contributed by atoms with Crippen LogP contribution in [0, 0.1) is 0 Å². The molecule has 152 valence electrons. The quantitative estimate of drug-likeness (QED) is 0.598. The summed E-state index contributed by atoms with van der Waals surface area (Å²) in [5.41, 5.74) is 1.43. The molecule has 0 aromatic heterocycles. The van der Waals surface area contributed by atoms with Gasteiger partial charge in [0.25, 0.3) is 5.91 Å². The van der Waals surface area contributed by atoms with Crippen molar-refractivity contribution in [2.45, 2.75) is 0 Å². The molecule has 0 radical (unpaired) electrons. The Labute approximate surface area is 179 Å². The fraction of sp³-hybridized carbons (Fsp3) is 0.238. The normalized spacial score (nSPS) is 16.7. The van der Waals surface area contributed by atoms with Crippen LogP contribution in [0.3, 0.4) is 0 Å². The minimum absolute atomic E-state index is 0.146. The number of thioether (sulfide) groups is 1. The summed E-state index contributed by atoms with van der Waals surface area (Å²) in [4.78, 5) is 19.8. The average molecular weight is 433 g/mol. The van der Waals surface area contributed by atoms with Gasteiger partial charge >= 0.3 is 0 Å². The summed E-state index contributed by atoms with van der Waals surface area (Å²) in [5.74, 6) is 0.916. The molecule has 8 heteroatoms. The molecule has 0 saturated carbocycles. The summed E-state index contributed by atoms with van der Waals surface area (Å²) in [6.45, 7) is 0.815. The van der Waals surface area contributed by atoms with Gasteiger partial charge in [0.15, 0.2) is 16.7 Å². The summed E-state index contributed by atoms with van der Waals surface area (Å²) in [7, 11) is 4.69. The molecule has 2 aromatic rings. The van der Waals surface area contributed by atoms with Crippen LogP contribution >= 0.6 is 23.4 Å². The van der Waals surface area contributed by atoms with Gasteiger partial charge in [0.1, 0.15) is 0 Å². The first-order valence-electron chi connectivity index (χ1n) is 8.83. The highest BCUT2D eigenvalue weighted by Gasteiger charge is 2.33. The standard InChI is InChI=1S/C21H21ClN2O4S/c1-26-10-9-24-20(25)19(29-21(24)23-15-7-5-4-6-8-15)12-14-11-17(27-2)18(28-3)13-16(14)22/h4-8,11-13H,9-10H2,1-3H3/b19-12-,23-21?. The molecule has 0 spiro atoms. The Morgan fingerprint density at radius 3 is 2.45 bits per heavy atom. The van der Waals surface area contributed by atoms with Crippen molar-refractivity contribution < 1.29 is 19.0 Å². The van der Waals surface area contributed by atoms with E-state index in [0.29, 0.717) is 45.3 Å². The van der Waals surface area contributed by atoms with Crippen LogP contribution < -0.4 is 9.47 Å². The van der Waals surface area contributed by atoms with E-state index in [-0.39, 0.29) is 5.91 Å². The smallest absolute Gasteiger partial charge is 0.266 e. The molecule has 1 heterocycles. The van der Waals surface area contributed by atoms with Gasteiger partial charge in [-0.1, -0.05) is 29.8 Å². The van der Waals surface area contributed by atoms with Crippen LogP contribution in [0.5, 0.6) is 11.5 Å². The lowest BCUT2D eigenvalue weighted by Crippen LogP contribution is -2.32. The zero-order valence-corrected chi connectivity index (χ0v) is 17.9. The number of amidine groups is 1. The predicted octanol–water partition coefficient (Wildman–Crippen LogP) is 4.61. The second-order valence-electron chi connectivity index (χ2n) is 6.02. The maximum absolute atomic E-state index is 13.0. The number of ether oxygens (including phenoxy) is 3. The Bertz CT molecular complexity index is 947. The number of carbonyl (C=O) groups is 1. The number of hydrogen-bond acceptors (Lipinski definition) is 6. The third-order valence-electron chi connectivity index (χ3n) is 4.18. The van der Waals surface area contributed by atoms with Gasteiger partial charge in [-0.25, -0.2) is 4.99 Å². The molecule has 6 nitrogen and oxygen atoms in total. The molecule has 1 fully saturated rings. The zero-order chi connectivity index (χ0) is 20.8. The summed E-state index contributed by atoms with van der Waals surface area (Å²) in [6.07, 6.45) is 1.74. The summed E-state index contributed by atoms with van der Waals surface area (Å²) >= 11 is 7.69. The van der Waals surface area contributed by atoms with Crippen LogP contribution in [0.15, 0.2) is 52.4 Å². The first-order valence-corrected chi connectivity index (χ1v) is 10.0. The van der Waals surface area contributed by atoms with Crippen molar-refractivity contribution in [3.8, 4) is 11.5 Å². The number of amides is 1. The first-order chi connectivity index (χ1) is 14.1. The number of halogens is 1. The molecule has 3 rings (SSSR count). The van der Waals surface area contributed by atoms with Gasteiger partial charge in [0.2, 0.25) is 0 Å². The van der Waals surface area contributed by atoms with Gasteiger partial charge in [0, 0.05) is 13.2 Å². The van der Waals surface area contributed by atoms with Crippen LogP contribution in [0.2, 0.25) is 5.02 Å². The Morgan fingerprint density at radius 2 is 1.79 bits per heavy atom. The van der Waals surface area contributed by atoms with Gasteiger partial charge in [-0.2, -0.15) is 0 Å². The number of carbonyl (C=O) groups excluding carboxylic acids is 1. The van der Waals surface area contributed by atoms with Crippen LogP contribution in [0.25, 0.3) is 6.08 Å². The Kier molecular flexibility index (Phi) is 7.19. The fourth-order valence-corrected chi connectivity index (χ4v) is 3.93. The minimum atomic E-state index is -0.146. The fourth-order valence-electron chi connectivity index (χ4n) is 2.71. The molecule has 1 aliphatic heterocycles. The van der Waals surface area contributed by atoms with Gasteiger partial charge in [-0.05, 0) is 41.6 Å². The molecule has 0 N–H and O–H groups in total. The van der Waals surface area contributed by atoms with Crippen LogP contribution in [0.1, 0.15) is 5.56 Å². The van der Waals surface area contributed by atoms with Crippen LogP contribution in [-0.2, 0) is 9.53 Å². The molecule has 1 aliphatic rings. The molecule has 0 unspecified atom stereocenters. The highest BCUT2D eigenvalue weighted by Crippen LogP contribution is 2.38. The van der Waals surface area contributed by atoms with Crippen molar-refractivity contribution in [1.82, 2.24) is 4.90 Å². The van der Waals surface area contributed by atoms with E-state index < -0.39 is 0 Å². The van der Waals surface area contributed by atoms with E-state index in [2.05, 4.69) is 4.99 Å². The summed E-state index contributed by atoms with van der Waals surface area (Å²) in [5, 5.41) is 1.06. The second kappa shape index (κ2) is 9.82. The average Bonchev–Trinajstić information content (AvgIpc) is 3.02. The lowest BCUT2D eigenvalue weighted by atomic mass is 10.1. The van der Waals surface area contributed by atoms with E-state index in [0.717, 1.165) is 5.69 Å². The second-order valence-corrected chi connectivity index (χ2v) is 7.44. The molecular formula is C21H21ClN2O4S. The molecule has 2 aromatic carbocycles. The summed E-state index contributed by atoms with van der Waals surface area (Å²) < 4.78 is 15.8. The van der Waals surface area contributed by atoms with Crippen molar-refractivity contribution in [3.05, 3.63) is 58.0 Å². The van der Waals surface area contributed by atoms with Crippen molar-refractivity contribution in [1.29, 1.82) is 0 Å². The van der Waals surface area contributed by atoms with Crippen molar-refractivity contribution in [2.24, 2.45) is 4.99 Å². The minimum Gasteiger partial charge on any atom is -0.493 e. The van der Waals surface area contributed by atoms with Crippen LogP contribution in [0.4, 0.5) is 5.69 Å².